The molecule has 2 unspecified atom stereocenters. The summed E-state index contributed by atoms with van der Waals surface area (Å²) in [6.45, 7) is 4.31. The van der Waals surface area contributed by atoms with Crippen LogP contribution < -0.4 is 20.3 Å². The van der Waals surface area contributed by atoms with Crippen molar-refractivity contribution in [3.05, 3.63) is 34.9 Å². The number of anilines is 3. The third-order valence-electron chi connectivity index (χ3n) is 6.03. The molecule has 9 heteroatoms. The number of hydrogen-bond donors (Lipinski definition) is 4. The number of aryl methyl sites for hydroxylation is 1. The number of benzene rings is 1. The lowest BCUT2D eigenvalue weighted by Gasteiger charge is -2.29. The summed E-state index contributed by atoms with van der Waals surface area (Å²) in [7, 11) is 1.51. The second kappa shape index (κ2) is 9.15. The van der Waals surface area contributed by atoms with Gasteiger partial charge in [0, 0.05) is 49.1 Å². The first-order valence-electron chi connectivity index (χ1n) is 10.6. The van der Waals surface area contributed by atoms with E-state index in [2.05, 4.69) is 20.6 Å². The van der Waals surface area contributed by atoms with Gasteiger partial charge in [-0.25, -0.2) is 4.39 Å². The van der Waals surface area contributed by atoms with E-state index in [0.717, 1.165) is 24.1 Å². The molecule has 2 fully saturated rings. The van der Waals surface area contributed by atoms with Crippen molar-refractivity contribution < 1.29 is 14.2 Å². The Bertz CT molecular complexity index is 956. The second-order valence-corrected chi connectivity index (χ2v) is 8.17. The normalized spacial score (nSPS) is 23.6. The molecule has 31 heavy (non-hydrogen) atoms. The molecule has 0 bridgehead atoms. The van der Waals surface area contributed by atoms with Crippen LogP contribution in [0.1, 0.15) is 35.4 Å². The SMILES string of the molecule is COc1nc(Nc2cc(C3CCNCC3F)c(C)cc2C=N)cc(N2CC[C@@H](O)C2)n1. The van der Waals surface area contributed by atoms with Gasteiger partial charge >= 0.3 is 6.01 Å². The average molecular weight is 429 g/mol. The number of piperidine rings is 1. The molecule has 2 aliphatic rings. The Labute approximate surface area is 181 Å². The third kappa shape index (κ3) is 4.62. The summed E-state index contributed by atoms with van der Waals surface area (Å²) < 4.78 is 19.9. The van der Waals surface area contributed by atoms with Crippen LogP contribution in [0.25, 0.3) is 0 Å². The van der Waals surface area contributed by atoms with Crippen LogP contribution in [0.4, 0.5) is 21.7 Å². The highest BCUT2D eigenvalue weighted by atomic mass is 19.1. The molecule has 4 N–H and O–H groups in total. The van der Waals surface area contributed by atoms with Crippen molar-refractivity contribution >= 4 is 23.5 Å². The lowest BCUT2D eigenvalue weighted by molar-refractivity contribution is 0.198. The summed E-state index contributed by atoms with van der Waals surface area (Å²) in [5, 5.41) is 24.1. The highest BCUT2D eigenvalue weighted by Gasteiger charge is 2.28. The molecule has 3 atom stereocenters. The van der Waals surface area contributed by atoms with Gasteiger partial charge in [-0.2, -0.15) is 9.97 Å². The molecule has 2 saturated heterocycles. The van der Waals surface area contributed by atoms with Gasteiger partial charge in [-0.05, 0) is 49.6 Å². The minimum atomic E-state index is -0.946. The van der Waals surface area contributed by atoms with Crippen LogP contribution in [0.3, 0.4) is 0 Å². The number of ether oxygens (including phenoxy) is 1. The van der Waals surface area contributed by atoms with Gasteiger partial charge in [0.1, 0.15) is 17.8 Å². The molecule has 1 aromatic carbocycles. The molecular formula is C22H29FN6O2. The van der Waals surface area contributed by atoms with Crippen LogP contribution in [-0.4, -0.2) is 66.9 Å². The summed E-state index contributed by atoms with van der Waals surface area (Å²) in [5.74, 6) is 1.00. The van der Waals surface area contributed by atoms with Crippen LogP contribution >= 0.6 is 0 Å². The first-order chi connectivity index (χ1) is 15.0. The highest BCUT2D eigenvalue weighted by Crippen LogP contribution is 2.34. The number of aliphatic hydroxyl groups is 1. The van der Waals surface area contributed by atoms with Crippen molar-refractivity contribution in [3.8, 4) is 6.01 Å². The Kier molecular flexibility index (Phi) is 6.33. The van der Waals surface area contributed by atoms with E-state index in [1.54, 1.807) is 6.07 Å². The summed E-state index contributed by atoms with van der Waals surface area (Å²) in [6.07, 6.45) is 1.38. The topological polar surface area (TPSA) is 106 Å². The summed E-state index contributed by atoms with van der Waals surface area (Å²) in [4.78, 5) is 10.8. The molecular weight excluding hydrogens is 399 g/mol. The third-order valence-corrected chi connectivity index (χ3v) is 6.03. The predicted molar refractivity (Wildman–Crippen MR) is 119 cm³/mol. The number of hydrogen-bond acceptors (Lipinski definition) is 8. The number of nitrogens with zero attached hydrogens (tertiary/aromatic N) is 3. The predicted octanol–water partition coefficient (Wildman–Crippen LogP) is 2.52. The van der Waals surface area contributed by atoms with Gasteiger partial charge in [-0.1, -0.05) is 0 Å². The van der Waals surface area contributed by atoms with E-state index in [9.17, 15) is 9.50 Å². The number of aliphatic hydroxyl groups excluding tert-OH is 1. The van der Waals surface area contributed by atoms with E-state index in [1.807, 2.05) is 24.0 Å². The monoisotopic (exact) mass is 428 g/mol. The molecule has 1 aromatic heterocycles. The van der Waals surface area contributed by atoms with Crippen molar-refractivity contribution in [2.45, 2.75) is 38.0 Å². The first-order valence-corrected chi connectivity index (χ1v) is 10.6. The quantitative estimate of drug-likeness (QED) is 0.524. The van der Waals surface area contributed by atoms with Crippen molar-refractivity contribution in [3.63, 3.8) is 0 Å². The molecule has 166 valence electrons. The Morgan fingerprint density at radius 3 is 2.84 bits per heavy atom. The summed E-state index contributed by atoms with van der Waals surface area (Å²) >= 11 is 0. The van der Waals surface area contributed by atoms with E-state index in [1.165, 1.54) is 13.3 Å². The zero-order valence-corrected chi connectivity index (χ0v) is 17.9. The van der Waals surface area contributed by atoms with E-state index in [-0.39, 0.29) is 18.0 Å². The van der Waals surface area contributed by atoms with E-state index < -0.39 is 6.17 Å². The molecule has 2 aliphatic heterocycles. The van der Waals surface area contributed by atoms with Crippen molar-refractivity contribution in [1.29, 1.82) is 5.41 Å². The maximum absolute atomic E-state index is 14.6. The standard InChI is InChI=1S/C22H29FN6O2/c1-13-7-14(10-24)19(8-17(13)16-3-5-25-11-18(16)23)26-20-9-21(28-22(27-20)31-2)29-6-4-15(30)12-29/h7-10,15-16,18,24-25,30H,3-6,11-12H2,1-2H3,(H,26,27,28)/t15-,16?,18?/m1/s1. The number of halogens is 1. The number of rotatable bonds is 6. The molecule has 2 aromatic rings. The molecule has 3 heterocycles. The van der Waals surface area contributed by atoms with Crippen LogP contribution in [0.15, 0.2) is 18.2 Å². The summed E-state index contributed by atoms with van der Waals surface area (Å²) in [6, 6.07) is 5.87. The van der Waals surface area contributed by atoms with Gasteiger partial charge in [0.05, 0.1) is 13.2 Å². The van der Waals surface area contributed by atoms with E-state index in [4.69, 9.17) is 10.1 Å². The zero-order valence-electron chi connectivity index (χ0n) is 17.9. The fraction of sp³-hybridized carbons (Fsp3) is 0.500. The Balaban J connectivity index is 1.68. The van der Waals surface area contributed by atoms with E-state index in [0.29, 0.717) is 48.9 Å². The lowest BCUT2D eigenvalue weighted by atomic mass is 9.85. The lowest BCUT2D eigenvalue weighted by Crippen LogP contribution is -2.37. The van der Waals surface area contributed by atoms with Crippen molar-refractivity contribution in [2.24, 2.45) is 0 Å². The van der Waals surface area contributed by atoms with Crippen LogP contribution in [0.5, 0.6) is 6.01 Å². The van der Waals surface area contributed by atoms with E-state index >= 15 is 0 Å². The fourth-order valence-corrected chi connectivity index (χ4v) is 4.36. The first kappa shape index (κ1) is 21.5. The van der Waals surface area contributed by atoms with Gasteiger partial charge in [0.15, 0.2) is 0 Å². The molecule has 8 nitrogen and oxygen atoms in total. The Hall–Kier alpha value is -2.78. The van der Waals surface area contributed by atoms with Gasteiger partial charge in [-0.3, -0.25) is 0 Å². The smallest absolute Gasteiger partial charge is 0.320 e. The molecule has 0 amide bonds. The number of methoxy groups -OCH3 is 1. The summed E-state index contributed by atoms with van der Waals surface area (Å²) in [5.41, 5.74) is 3.31. The fourth-order valence-electron chi connectivity index (χ4n) is 4.36. The number of aromatic nitrogens is 2. The van der Waals surface area contributed by atoms with Crippen molar-refractivity contribution in [1.82, 2.24) is 15.3 Å². The maximum Gasteiger partial charge on any atom is 0.320 e. The zero-order chi connectivity index (χ0) is 22.0. The minimum Gasteiger partial charge on any atom is -0.467 e. The second-order valence-electron chi connectivity index (χ2n) is 8.17. The minimum absolute atomic E-state index is 0.178. The largest absolute Gasteiger partial charge is 0.467 e. The Morgan fingerprint density at radius 2 is 2.16 bits per heavy atom. The number of alkyl halides is 1. The number of nitrogens with one attached hydrogen (secondary N) is 3. The van der Waals surface area contributed by atoms with Crippen LogP contribution in [0, 0.1) is 12.3 Å². The molecule has 0 radical (unpaired) electrons. The molecule has 0 saturated carbocycles. The van der Waals surface area contributed by atoms with Gasteiger partial charge in [-0.15, -0.1) is 0 Å². The van der Waals surface area contributed by atoms with Crippen LogP contribution in [0.2, 0.25) is 0 Å². The average Bonchev–Trinajstić information content (AvgIpc) is 3.21. The molecule has 0 aliphatic carbocycles. The molecule has 0 spiro atoms. The maximum atomic E-state index is 14.6. The van der Waals surface area contributed by atoms with Crippen LogP contribution in [-0.2, 0) is 0 Å². The molecule has 4 rings (SSSR count). The van der Waals surface area contributed by atoms with Gasteiger partial charge in [0.25, 0.3) is 0 Å². The van der Waals surface area contributed by atoms with Crippen molar-refractivity contribution in [2.75, 3.05) is 43.5 Å². The van der Waals surface area contributed by atoms with Gasteiger partial charge < -0.3 is 30.8 Å². The van der Waals surface area contributed by atoms with Gasteiger partial charge in [0.2, 0.25) is 0 Å². The number of β-amino-alcohol motifs (C(OH)–C–C–N with tert-alkyl or cyclic N) is 1. The highest BCUT2D eigenvalue weighted by molar-refractivity contribution is 5.88. The Morgan fingerprint density at radius 1 is 1.32 bits per heavy atom.